The number of hydrogen-bond acceptors (Lipinski definition) is 1. The van der Waals surface area contributed by atoms with Gasteiger partial charge in [0.2, 0.25) is 0 Å². The SMILES string of the molecule is C=CCCOCc1ccc([C@H]2CC[C@H](C=C)CC2)cc1. The minimum absolute atomic E-state index is 0.706. The lowest BCUT2D eigenvalue weighted by molar-refractivity contribution is 0.125. The fourth-order valence-electron chi connectivity index (χ4n) is 2.93. The largest absolute Gasteiger partial charge is 0.376 e. The van der Waals surface area contributed by atoms with Gasteiger partial charge in [0.25, 0.3) is 0 Å². The van der Waals surface area contributed by atoms with Crippen LogP contribution in [0.4, 0.5) is 0 Å². The average Bonchev–Trinajstić information content (AvgIpc) is 2.52. The Morgan fingerprint density at radius 2 is 1.75 bits per heavy atom. The van der Waals surface area contributed by atoms with Crippen molar-refractivity contribution < 1.29 is 4.74 Å². The van der Waals surface area contributed by atoms with Crippen LogP contribution < -0.4 is 0 Å². The number of hydrogen-bond donors (Lipinski definition) is 0. The van der Waals surface area contributed by atoms with Crippen LogP contribution in [0.15, 0.2) is 49.6 Å². The second kappa shape index (κ2) is 8.06. The Hall–Kier alpha value is -1.34. The number of benzene rings is 1. The third-order valence-corrected chi connectivity index (χ3v) is 4.29. The van der Waals surface area contributed by atoms with E-state index in [-0.39, 0.29) is 0 Å². The molecule has 1 saturated carbocycles. The van der Waals surface area contributed by atoms with Gasteiger partial charge in [0.15, 0.2) is 0 Å². The highest BCUT2D eigenvalue weighted by atomic mass is 16.5. The molecule has 0 unspecified atom stereocenters. The lowest BCUT2D eigenvalue weighted by atomic mass is 9.79. The Bertz CT molecular complexity index is 410. The molecule has 1 aromatic carbocycles. The van der Waals surface area contributed by atoms with Gasteiger partial charge in [-0.1, -0.05) is 36.4 Å². The molecule has 1 aliphatic carbocycles. The topological polar surface area (TPSA) is 9.23 Å². The summed E-state index contributed by atoms with van der Waals surface area (Å²) in [5.41, 5.74) is 2.75. The van der Waals surface area contributed by atoms with E-state index in [1.54, 1.807) is 0 Å². The maximum atomic E-state index is 5.59. The van der Waals surface area contributed by atoms with Crippen molar-refractivity contribution in [3.8, 4) is 0 Å². The van der Waals surface area contributed by atoms with Crippen LogP contribution in [-0.2, 0) is 11.3 Å². The summed E-state index contributed by atoms with van der Waals surface area (Å²) in [6, 6.07) is 8.99. The van der Waals surface area contributed by atoms with Crippen LogP contribution in [-0.4, -0.2) is 6.61 Å². The molecule has 0 saturated heterocycles. The normalized spacial score (nSPS) is 22.4. The van der Waals surface area contributed by atoms with E-state index >= 15 is 0 Å². The van der Waals surface area contributed by atoms with Crippen LogP contribution in [0.25, 0.3) is 0 Å². The Kier molecular flexibility index (Phi) is 6.07. The van der Waals surface area contributed by atoms with E-state index in [2.05, 4.69) is 43.5 Å². The maximum absolute atomic E-state index is 5.59. The molecule has 20 heavy (non-hydrogen) atoms. The standard InChI is InChI=1S/C19H26O/c1-3-5-14-20-15-17-8-12-19(13-9-17)18-10-6-16(4-2)7-11-18/h3-4,8-9,12-13,16,18H,1-2,5-7,10-11,14-15H2/t16-,18-. The van der Waals surface area contributed by atoms with E-state index in [1.165, 1.54) is 36.8 Å². The minimum Gasteiger partial charge on any atom is -0.376 e. The molecular weight excluding hydrogens is 244 g/mol. The first kappa shape index (κ1) is 15.1. The van der Waals surface area contributed by atoms with Gasteiger partial charge in [-0.25, -0.2) is 0 Å². The zero-order chi connectivity index (χ0) is 14.2. The van der Waals surface area contributed by atoms with E-state index in [0.29, 0.717) is 6.61 Å². The first-order valence-electron chi connectivity index (χ1n) is 7.73. The van der Waals surface area contributed by atoms with Gasteiger partial charge in [-0.05, 0) is 55.1 Å². The summed E-state index contributed by atoms with van der Waals surface area (Å²) < 4.78 is 5.59. The summed E-state index contributed by atoms with van der Waals surface area (Å²) in [4.78, 5) is 0. The van der Waals surface area contributed by atoms with Crippen LogP contribution >= 0.6 is 0 Å². The number of rotatable bonds is 7. The van der Waals surface area contributed by atoms with Gasteiger partial charge in [-0.2, -0.15) is 0 Å². The molecule has 1 aliphatic rings. The van der Waals surface area contributed by atoms with Gasteiger partial charge in [-0.3, -0.25) is 0 Å². The molecule has 0 radical (unpaired) electrons. The second-order valence-corrected chi connectivity index (χ2v) is 5.72. The van der Waals surface area contributed by atoms with E-state index in [9.17, 15) is 0 Å². The molecule has 108 valence electrons. The summed E-state index contributed by atoms with van der Waals surface area (Å²) >= 11 is 0. The Morgan fingerprint density at radius 1 is 1.05 bits per heavy atom. The van der Waals surface area contributed by atoms with E-state index in [4.69, 9.17) is 4.74 Å². The van der Waals surface area contributed by atoms with Gasteiger partial charge in [0, 0.05) is 0 Å². The third-order valence-electron chi connectivity index (χ3n) is 4.29. The molecule has 2 rings (SSSR count). The second-order valence-electron chi connectivity index (χ2n) is 5.72. The number of ether oxygens (including phenoxy) is 1. The number of allylic oxidation sites excluding steroid dienone is 1. The molecular formula is C19H26O. The predicted molar refractivity (Wildman–Crippen MR) is 85.8 cm³/mol. The smallest absolute Gasteiger partial charge is 0.0717 e. The molecule has 1 nitrogen and oxygen atoms in total. The molecule has 0 N–H and O–H groups in total. The summed E-state index contributed by atoms with van der Waals surface area (Å²) in [6.45, 7) is 9.08. The maximum Gasteiger partial charge on any atom is 0.0717 e. The van der Waals surface area contributed by atoms with E-state index in [0.717, 1.165) is 24.9 Å². The first-order chi connectivity index (χ1) is 9.83. The van der Waals surface area contributed by atoms with E-state index < -0.39 is 0 Å². The van der Waals surface area contributed by atoms with Gasteiger partial charge in [0.1, 0.15) is 0 Å². The quantitative estimate of drug-likeness (QED) is 0.486. The molecule has 0 atom stereocenters. The van der Waals surface area contributed by atoms with Gasteiger partial charge in [-0.15, -0.1) is 13.2 Å². The molecule has 0 amide bonds. The van der Waals surface area contributed by atoms with Crippen LogP contribution in [0.2, 0.25) is 0 Å². The molecule has 0 bridgehead atoms. The van der Waals surface area contributed by atoms with Gasteiger partial charge < -0.3 is 4.74 Å². The summed E-state index contributed by atoms with van der Waals surface area (Å²) in [6.07, 6.45) is 10.1. The fraction of sp³-hybridized carbons (Fsp3) is 0.474. The van der Waals surface area contributed by atoms with Crippen molar-refractivity contribution >= 4 is 0 Å². The molecule has 0 heterocycles. The van der Waals surface area contributed by atoms with Crippen LogP contribution in [0.5, 0.6) is 0 Å². The molecule has 1 fully saturated rings. The summed E-state index contributed by atoms with van der Waals surface area (Å²) in [5, 5.41) is 0. The van der Waals surface area contributed by atoms with Gasteiger partial charge >= 0.3 is 0 Å². The molecule has 1 aromatic rings. The minimum atomic E-state index is 0.706. The molecule has 0 aliphatic heterocycles. The van der Waals surface area contributed by atoms with Crippen molar-refractivity contribution in [2.24, 2.45) is 5.92 Å². The monoisotopic (exact) mass is 270 g/mol. The zero-order valence-electron chi connectivity index (χ0n) is 12.4. The average molecular weight is 270 g/mol. The van der Waals surface area contributed by atoms with Crippen LogP contribution in [0.1, 0.15) is 49.1 Å². The fourth-order valence-corrected chi connectivity index (χ4v) is 2.93. The van der Waals surface area contributed by atoms with Crippen LogP contribution in [0.3, 0.4) is 0 Å². The van der Waals surface area contributed by atoms with Crippen molar-refractivity contribution in [2.75, 3.05) is 6.61 Å². The van der Waals surface area contributed by atoms with Crippen molar-refractivity contribution in [1.82, 2.24) is 0 Å². The third kappa shape index (κ3) is 4.35. The Labute approximate surface area is 123 Å². The molecule has 0 aromatic heterocycles. The van der Waals surface area contributed by atoms with Crippen molar-refractivity contribution in [3.05, 3.63) is 60.7 Å². The van der Waals surface area contributed by atoms with Crippen LogP contribution in [0, 0.1) is 5.92 Å². The molecule has 1 heteroatoms. The summed E-state index contributed by atoms with van der Waals surface area (Å²) in [7, 11) is 0. The first-order valence-corrected chi connectivity index (χ1v) is 7.73. The highest BCUT2D eigenvalue weighted by molar-refractivity contribution is 5.25. The predicted octanol–water partition coefficient (Wildman–Crippen LogP) is 5.24. The Balaban J connectivity index is 1.82. The van der Waals surface area contributed by atoms with E-state index in [1.807, 2.05) is 6.08 Å². The Morgan fingerprint density at radius 3 is 2.35 bits per heavy atom. The zero-order valence-corrected chi connectivity index (χ0v) is 12.4. The lowest BCUT2D eigenvalue weighted by Gasteiger charge is -2.27. The van der Waals surface area contributed by atoms with Gasteiger partial charge in [0.05, 0.1) is 13.2 Å². The lowest BCUT2D eigenvalue weighted by Crippen LogP contribution is -2.11. The van der Waals surface area contributed by atoms with Crippen molar-refractivity contribution in [1.29, 1.82) is 0 Å². The van der Waals surface area contributed by atoms with Crippen molar-refractivity contribution in [2.45, 2.75) is 44.6 Å². The highest BCUT2D eigenvalue weighted by Crippen LogP contribution is 2.36. The molecule has 0 spiro atoms. The van der Waals surface area contributed by atoms with Crippen molar-refractivity contribution in [3.63, 3.8) is 0 Å². The highest BCUT2D eigenvalue weighted by Gasteiger charge is 2.20. The summed E-state index contributed by atoms with van der Waals surface area (Å²) in [5.74, 6) is 1.48.